The van der Waals surface area contributed by atoms with Crippen LogP contribution in [0.1, 0.15) is 29.7 Å². The van der Waals surface area contributed by atoms with Crippen LogP contribution in [0.15, 0.2) is 36.4 Å². The number of ether oxygens (including phenoxy) is 1. The first-order valence-electron chi connectivity index (χ1n) is 6.32. The van der Waals surface area contributed by atoms with Crippen molar-refractivity contribution in [3.05, 3.63) is 64.7 Å². The predicted octanol–water partition coefficient (Wildman–Crippen LogP) is 3.91. The predicted molar refractivity (Wildman–Crippen MR) is 72.5 cm³/mol. The Balaban J connectivity index is 2.20. The summed E-state index contributed by atoms with van der Waals surface area (Å²) in [7, 11) is 0. The second-order valence-electron chi connectivity index (χ2n) is 4.74. The minimum absolute atomic E-state index is 0.0186. The molecule has 0 saturated carbocycles. The Labute approximate surface area is 116 Å². The van der Waals surface area contributed by atoms with Crippen LogP contribution in [0.2, 0.25) is 0 Å². The lowest BCUT2D eigenvalue weighted by molar-refractivity contribution is 0.190. The summed E-state index contributed by atoms with van der Waals surface area (Å²) in [6.45, 7) is 3.52. The second-order valence-corrected chi connectivity index (χ2v) is 4.74. The Morgan fingerprint density at radius 2 is 1.90 bits per heavy atom. The van der Waals surface area contributed by atoms with Crippen molar-refractivity contribution >= 4 is 0 Å². The third-order valence-electron chi connectivity index (χ3n) is 3.02. The quantitative estimate of drug-likeness (QED) is 0.919. The zero-order valence-electron chi connectivity index (χ0n) is 11.4. The summed E-state index contributed by atoms with van der Waals surface area (Å²) in [5.41, 5.74) is 1.88. The van der Waals surface area contributed by atoms with Crippen molar-refractivity contribution in [1.29, 1.82) is 0 Å². The van der Waals surface area contributed by atoms with Gasteiger partial charge in [-0.25, -0.2) is 8.78 Å². The van der Waals surface area contributed by atoms with Crippen molar-refractivity contribution in [3.8, 4) is 5.75 Å². The molecule has 20 heavy (non-hydrogen) atoms. The maximum atomic E-state index is 13.5. The van der Waals surface area contributed by atoms with E-state index >= 15 is 0 Å². The van der Waals surface area contributed by atoms with Gasteiger partial charge in [-0.15, -0.1) is 0 Å². The SMILES string of the molecule is Cc1ccc([C@H](C)O)c(OCc2ccc(F)cc2F)c1. The fourth-order valence-corrected chi connectivity index (χ4v) is 1.91. The number of benzene rings is 2. The van der Waals surface area contributed by atoms with Gasteiger partial charge in [0.2, 0.25) is 0 Å². The molecule has 1 atom stereocenters. The van der Waals surface area contributed by atoms with Crippen LogP contribution in [0.25, 0.3) is 0 Å². The zero-order chi connectivity index (χ0) is 14.7. The van der Waals surface area contributed by atoms with E-state index in [1.165, 1.54) is 12.1 Å². The lowest BCUT2D eigenvalue weighted by Crippen LogP contribution is -2.03. The number of rotatable bonds is 4. The van der Waals surface area contributed by atoms with Crippen LogP contribution in [0.4, 0.5) is 8.78 Å². The first-order chi connectivity index (χ1) is 9.47. The highest BCUT2D eigenvalue weighted by Crippen LogP contribution is 2.27. The lowest BCUT2D eigenvalue weighted by Gasteiger charge is -2.14. The van der Waals surface area contributed by atoms with Crippen LogP contribution in [-0.2, 0) is 6.61 Å². The number of hydrogen-bond acceptors (Lipinski definition) is 2. The summed E-state index contributed by atoms with van der Waals surface area (Å²) in [6.07, 6.45) is -0.677. The smallest absolute Gasteiger partial charge is 0.132 e. The molecule has 4 heteroatoms. The molecule has 0 heterocycles. The second kappa shape index (κ2) is 6.01. The molecule has 0 aliphatic rings. The van der Waals surface area contributed by atoms with Crippen LogP contribution >= 0.6 is 0 Å². The molecule has 2 nitrogen and oxygen atoms in total. The normalized spacial score (nSPS) is 12.2. The average Bonchev–Trinajstić information content (AvgIpc) is 2.37. The van der Waals surface area contributed by atoms with Crippen molar-refractivity contribution in [1.82, 2.24) is 0 Å². The van der Waals surface area contributed by atoms with Gasteiger partial charge in [0.25, 0.3) is 0 Å². The van der Waals surface area contributed by atoms with Gasteiger partial charge in [-0.1, -0.05) is 12.1 Å². The minimum atomic E-state index is -0.677. The molecule has 0 bridgehead atoms. The average molecular weight is 278 g/mol. The van der Waals surface area contributed by atoms with Crippen LogP contribution in [0.3, 0.4) is 0 Å². The van der Waals surface area contributed by atoms with E-state index in [9.17, 15) is 13.9 Å². The summed E-state index contributed by atoms with van der Waals surface area (Å²) in [5, 5.41) is 9.68. The highest BCUT2D eigenvalue weighted by atomic mass is 19.1. The largest absolute Gasteiger partial charge is 0.488 e. The molecule has 2 aromatic rings. The highest BCUT2D eigenvalue weighted by Gasteiger charge is 2.11. The molecule has 0 unspecified atom stereocenters. The van der Waals surface area contributed by atoms with Crippen LogP contribution in [0, 0.1) is 18.6 Å². The minimum Gasteiger partial charge on any atom is -0.488 e. The molecule has 2 rings (SSSR count). The molecule has 0 aromatic heterocycles. The first-order valence-corrected chi connectivity index (χ1v) is 6.32. The topological polar surface area (TPSA) is 29.5 Å². The standard InChI is InChI=1S/C16H16F2O2/c1-10-3-6-14(11(2)19)16(7-10)20-9-12-4-5-13(17)8-15(12)18/h3-8,11,19H,9H2,1-2H3/t11-/m0/s1. The van der Waals surface area contributed by atoms with E-state index in [-0.39, 0.29) is 12.2 Å². The van der Waals surface area contributed by atoms with Crippen LogP contribution < -0.4 is 4.74 Å². The fourth-order valence-electron chi connectivity index (χ4n) is 1.91. The number of hydrogen-bond donors (Lipinski definition) is 1. The molecule has 0 saturated heterocycles. The third-order valence-corrected chi connectivity index (χ3v) is 3.02. The number of aryl methyl sites for hydroxylation is 1. The van der Waals surface area contributed by atoms with Crippen LogP contribution in [0.5, 0.6) is 5.75 Å². The lowest BCUT2D eigenvalue weighted by atomic mass is 10.1. The van der Waals surface area contributed by atoms with Gasteiger partial charge in [-0.05, 0) is 37.6 Å². The third kappa shape index (κ3) is 3.33. The molecule has 0 spiro atoms. The van der Waals surface area contributed by atoms with Gasteiger partial charge < -0.3 is 9.84 Å². The van der Waals surface area contributed by atoms with Crippen molar-refractivity contribution in [2.45, 2.75) is 26.6 Å². The summed E-state index contributed by atoms with van der Waals surface area (Å²) < 4.78 is 31.9. The van der Waals surface area contributed by atoms with Crippen molar-refractivity contribution < 1.29 is 18.6 Å². The molecule has 0 amide bonds. The van der Waals surface area contributed by atoms with E-state index in [4.69, 9.17) is 4.74 Å². The molecule has 0 aliphatic carbocycles. The number of halogens is 2. The Morgan fingerprint density at radius 3 is 2.55 bits per heavy atom. The Morgan fingerprint density at radius 1 is 1.15 bits per heavy atom. The van der Waals surface area contributed by atoms with Gasteiger partial charge in [0.1, 0.15) is 24.0 Å². The Bertz CT molecular complexity index is 609. The summed E-state index contributed by atoms with van der Waals surface area (Å²) in [6, 6.07) is 8.79. The van der Waals surface area contributed by atoms with Gasteiger partial charge >= 0.3 is 0 Å². The molecule has 2 aromatic carbocycles. The summed E-state index contributed by atoms with van der Waals surface area (Å²) in [4.78, 5) is 0. The molecule has 0 fully saturated rings. The van der Waals surface area contributed by atoms with Crippen molar-refractivity contribution in [2.24, 2.45) is 0 Å². The van der Waals surface area contributed by atoms with E-state index in [0.29, 0.717) is 11.3 Å². The van der Waals surface area contributed by atoms with Crippen molar-refractivity contribution in [3.63, 3.8) is 0 Å². The molecular formula is C16H16F2O2. The van der Waals surface area contributed by atoms with Crippen LogP contribution in [-0.4, -0.2) is 5.11 Å². The van der Waals surface area contributed by atoms with Gasteiger partial charge in [0, 0.05) is 17.2 Å². The molecule has 1 N–H and O–H groups in total. The van der Waals surface area contributed by atoms with Gasteiger partial charge in [0.15, 0.2) is 0 Å². The zero-order valence-corrected chi connectivity index (χ0v) is 11.4. The van der Waals surface area contributed by atoms with E-state index in [1.807, 2.05) is 13.0 Å². The van der Waals surface area contributed by atoms with Gasteiger partial charge in [-0.2, -0.15) is 0 Å². The van der Waals surface area contributed by atoms with E-state index in [0.717, 1.165) is 11.6 Å². The van der Waals surface area contributed by atoms with Gasteiger partial charge in [0.05, 0.1) is 6.10 Å². The fraction of sp³-hybridized carbons (Fsp3) is 0.250. The molecular weight excluding hydrogens is 262 g/mol. The molecule has 0 radical (unpaired) electrons. The Hall–Kier alpha value is -1.94. The maximum absolute atomic E-state index is 13.5. The summed E-state index contributed by atoms with van der Waals surface area (Å²) >= 11 is 0. The van der Waals surface area contributed by atoms with Gasteiger partial charge in [-0.3, -0.25) is 0 Å². The van der Waals surface area contributed by atoms with E-state index in [1.54, 1.807) is 19.1 Å². The van der Waals surface area contributed by atoms with E-state index in [2.05, 4.69) is 0 Å². The monoisotopic (exact) mass is 278 g/mol. The number of aliphatic hydroxyl groups excluding tert-OH is 1. The molecule has 106 valence electrons. The Kier molecular flexibility index (Phi) is 4.35. The maximum Gasteiger partial charge on any atom is 0.132 e. The van der Waals surface area contributed by atoms with Crippen molar-refractivity contribution in [2.75, 3.05) is 0 Å². The first kappa shape index (κ1) is 14.5. The summed E-state index contributed by atoms with van der Waals surface area (Å²) in [5.74, 6) is -0.758. The number of aliphatic hydroxyl groups is 1. The highest BCUT2D eigenvalue weighted by molar-refractivity contribution is 5.38. The molecule has 0 aliphatic heterocycles. The van der Waals surface area contributed by atoms with E-state index < -0.39 is 17.7 Å².